The van der Waals surface area contributed by atoms with E-state index in [0.29, 0.717) is 10.6 Å². The van der Waals surface area contributed by atoms with Crippen molar-refractivity contribution in [1.29, 1.82) is 0 Å². The Morgan fingerprint density at radius 3 is 2.69 bits per heavy atom. The summed E-state index contributed by atoms with van der Waals surface area (Å²) in [7, 11) is 0. The highest BCUT2D eigenvalue weighted by Crippen LogP contribution is 2.22. The molecule has 4 heteroatoms. The van der Waals surface area contributed by atoms with Crippen molar-refractivity contribution < 1.29 is 0 Å². The molecule has 3 N–H and O–H groups in total. The number of aromatic amines is 1. The van der Waals surface area contributed by atoms with E-state index < -0.39 is 0 Å². The van der Waals surface area contributed by atoms with Gasteiger partial charge in [0.15, 0.2) is 0 Å². The molecule has 2 rings (SSSR count). The van der Waals surface area contributed by atoms with Crippen LogP contribution in [-0.2, 0) is 0 Å². The number of aryl methyl sites for hydroxylation is 1. The molecule has 0 radical (unpaired) electrons. The summed E-state index contributed by atoms with van der Waals surface area (Å²) in [5, 5.41) is 1.57. The number of nitrogens with two attached hydrogens (primary N) is 1. The normalized spacial score (nSPS) is 13.0. The molecule has 1 atom stereocenters. The monoisotopic (exact) mass is 236 g/mol. The molecule has 0 aliphatic heterocycles. The first-order valence-electron chi connectivity index (χ1n) is 5.07. The van der Waals surface area contributed by atoms with Crippen LogP contribution in [0.15, 0.2) is 23.0 Å². The molecule has 16 heavy (non-hydrogen) atoms. The lowest BCUT2D eigenvalue weighted by atomic mass is 10.1. The van der Waals surface area contributed by atoms with Crippen molar-refractivity contribution in [3.63, 3.8) is 0 Å². The largest absolute Gasteiger partial charge is 0.324 e. The predicted octanol–water partition coefficient (Wildman–Crippen LogP) is 2.51. The second kappa shape index (κ2) is 3.92. The van der Waals surface area contributed by atoms with Crippen LogP contribution in [0.2, 0.25) is 5.02 Å². The lowest BCUT2D eigenvalue weighted by Gasteiger charge is -2.08. The van der Waals surface area contributed by atoms with Crippen LogP contribution in [0, 0.1) is 6.92 Å². The standard InChI is InChI=1S/C12H13ClN2O/c1-6-3-9(13)4-8-5-10(7(2)14)12(16)15-11(6)8/h3-5,7H,14H2,1-2H3,(H,15,16)/t7-/m0/s1. The fourth-order valence-electron chi connectivity index (χ4n) is 1.81. The summed E-state index contributed by atoms with van der Waals surface area (Å²) in [6.07, 6.45) is 0. The number of hydrogen-bond acceptors (Lipinski definition) is 2. The second-order valence-electron chi connectivity index (χ2n) is 4.03. The van der Waals surface area contributed by atoms with Gasteiger partial charge in [0.1, 0.15) is 0 Å². The van der Waals surface area contributed by atoms with Gasteiger partial charge in [-0.1, -0.05) is 11.6 Å². The molecule has 1 heterocycles. The van der Waals surface area contributed by atoms with Crippen LogP contribution in [0.4, 0.5) is 0 Å². The van der Waals surface area contributed by atoms with Gasteiger partial charge in [0, 0.05) is 22.0 Å². The van der Waals surface area contributed by atoms with Gasteiger partial charge in [-0.15, -0.1) is 0 Å². The minimum absolute atomic E-state index is 0.132. The number of nitrogens with one attached hydrogen (secondary N) is 1. The van der Waals surface area contributed by atoms with E-state index in [1.165, 1.54) is 0 Å². The SMILES string of the molecule is Cc1cc(Cl)cc2cc([C@H](C)N)c(=O)[nH]c12. The number of fused-ring (bicyclic) bond motifs is 1. The lowest BCUT2D eigenvalue weighted by Crippen LogP contribution is -2.19. The first-order chi connectivity index (χ1) is 7.49. The highest BCUT2D eigenvalue weighted by molar-refractivity contribution is 6.31. The number of aromatic nitrogens is 1. The van der Waals surface area contributed by atoms with Crippen LogP contribution in [0.25, 0.3) is 10.9 Å². The summed E-state index contributed by atoms with van der Waals surface area (Å²) < 4.78 is 0. The Morgan fingerprint density at radius 2 is 2.06 bits per heavy atom. The van der Waals surface area contributed by atoms with Crippen LogP contribution in [0.1, 0.15) is 24.1 Å². The Morgan fingerprint density at radius 1 is 1.38 bits per heavy atom. The Balaban J connectivity index is 2.85. The second-order valence-corrected chi connectivity index (χ2v) is 4.47. The summed E-state index contributed by atoms with van der Waals surface area (Å²) in [4.78, 5) is 14.6. The molecule has 2 aromatic rings. The van der Waals surface area contributed by atoms with E-state index in [1.54, 1.807) is 13.0 Å². The Kier molecular flexibility index (Phi) is 2.74. The number of halogens is 1. The fourth-order valence-corrected chi connectivity index (χ4v) is 2.09. The average molecular weight is 237 g/mol. The van der Waals surface area contributed by atoms with Gasteiger partial charge in [-0.25, -0.2) is 0 Å². The lowest BCUT2D eigenvalue weighted by molar-refractivity contribution is 0.803. The summed E-state index contributed by atoms with van der Waals surface area (Å²) >= 11 is 5.97. The fraction of sp³-hybridized carbons (Fsp3) is 0.250. The molecule has 0 saturated carbocycles. The minimum atomic E-state index is -0.285. The van der Waals surface area contributed by atoms with Gasteiger partial charge < -0.3 is 10.7 Å². The number of benzene rings is 1. The van der Waals surface area contributed by atoms with E-state index in [2.05, 4.69) is 4.98 Å². The van der Waals surface area contributed by atoms with Crippen LogP contribution < -0.4 is 11.3 Å². The molecular formula is C12H13ClN2O. The maximum atomic E-state index is 11.7. The van der Waals surface area contributed by atoms with Crippen molar-refractivity contribution in [2.75, 3.05) is 0 Å². The van der Waals surface area contributed by atoms with E-state index in [0.717, 1.165) is 16.5 Å². The zero-order valence-corrected chi connectivity index (χ0v) is 9.93. The Labute approximate surface area is 98.2 Å². The first kappa shape index (κ1) is 11.2. The van der Waals surface area contributed by atoms with Crippen molar-refractivity contribution in [2.24, 2.45) is 5.73 Å². The molecule has 0 fully saturated rings. The first-order valence-corrected chi connectivity index (χ1v) is 5.45. The van der Waals surface area contributed by atoms with Crippen LogP contribution in [0.5, 0.6) is 0 Å². The molecule has 0 aliphatic carbocycles. The molecule has 0 amide bonds. The van der Waals surface area contributed by atoms with Crippen LogP contribution >= 0.6 is 11.6 Å². The third kappa shape index (κ3) is 1.84. The predicted molar refractivity (Wildman–Crippen MR) is 66.9 cm³/mol. The smallest absolute Gasteiger partial charge is 0.253 e. The van der Waals surface area contributed by atoms with Crippen LogP contribution in [-0.4, -0.2) is 4.98 Å². The molecule has 0 unspecified atom stereocenters. The molecule has 0 aliphatic rings. The molecule has 1 aromatic heterocycles. The zero-order valence-electron chi connectivity index (χ0n) is 9.17. The average Bonchev–Trinajstić information content (AvgIpc) is 2.18. The van der Waals surface area contributed by atoms with Crippen molar-refractivity contribution in [1.82, 2.24) is 4.98 Å². The maximum absolute atomic E-state index is 11.7. The molecule has 1 aromatic carbocycles. The number of hydrogen-bond donors (Lipinski definition) is 2. The van der Waals surface area contributed by atoms with Crippen molar-refractivity contribution in [3.05, 3.63) is 44.7 Å². The van der Waals surface area contributed by atoms with Crippen molar-refractivity contribution in [2.45, 2.75) is 19.9 Å². The van der Waals surface area contributed by atoms with E-state index in [4.69, 9.17) is 17.3 Å². The van der Waals surface area contributed by atoms with Gasteiger partial charge in [0.2, 0.25) is 0 Å². The van der Waals surface area contributed by atoms with Gasteiger partial charge in [0.05, 0.1) is 5.52 Å². The topological polar surface area (TPSA) is 58.9 Å². The van der Waals surface area contributed by atoms with Gasteiger partial charge >= 0.3 is 0 Å². The summed E-state index contributed by atoms with van der Waals surface area (Å²) in [5.74, 6) is 0. The van der Waals surface area contributed by atoms with Gasteiger partial charge in [-0.3, -0.25) is 4.79 Å². The highest BCUT2D eigenvalue weighted by atomic mass is 35.5. The van der Waals surface area contributed by atoms with Crippen molar-refractivity contribution >= 4 is 22.5 Å². The summed E-state index contributed by atoms with van der Waals surface area (Å²) in [6.45, 7) is 3.70. The van der Waals surface area contributed by atoms with Crippen molar-refractivity contribution in [3.8, 4) is 0 Å². The summed E-state index contributed by atoms with van der Waals surface area (Å²) in [6, 6.07) is 5.17. The number of H-pyrrole nitrogens is 1. The minimum Gasteiger partial charge on any atom is -0.324 e. The molecule has 0 saturated heterocycles. The van der Waals surface area contributed by atoms with Crippen LogP contribution in [0.3, 0.4) is 0 Å². The van der Waals surface area contributed by atoms with Gasteiger partial charge in [-0.2, -0.15) is 0 Å². The van der Waals surface area contributed by atoms with E-state index in [-0.39, 0.29) is 11.6 Å². The third-order valence-electron chi connectivity index (χ3n) is 2.63. The molecule has 0 spiro atoms. The quantitative estimate of drug-likeness (QED) is 0.799. The number of pyridine rings is 1. The third-order valence-corrected chi connectivity index (χ3v) is 2.85. The molecule has 0 bridgehead atoms. The maximum Gasteiger partial charge on any atom is 0.253 e. The molecule has 3 nitrogen and oxygen atoms in total. The summed E-state index contributed by atoms with van der Waals surface area (Å²) in [5.41, 5.74) is 7.95. The van der Waals surface area contributed by atoms with E-state index in [9.17, 15) is 4.79 Å². The molecular weight excluding hydrogens is 224 g/mol. The van der Waals surface area contributed by atoms with Gasteiger partial charge in [0.25, 0.3) is 5.56 Å². The van der Waals surface area contributed by atoms with E-state index in [1.807, 2.05) is 19.1 Å². The number of rotatable bonds is 1. The Hall–Kier alpha value is -1.32. The molecule has 84 valence electrons. The highest BCUT2D eigenvalue weighted by Gasteiger charge is 2.08. The zero-order chi connectivity index (χ0) is 11.9. The van der Waals surface area contributed by atoms with Gasteiger partial charge in [-0.05, 0) is 37.6 Å². The Bertz CT molecular complexity index is 602. The van der Waals surface area contributed by atoms with E-state index >= 15 is 0 Å².